The molecule has 0 saturated carbocycles. The van der Waals surface area contributed by atoms with Gasteiger partial charge in [-0.3, -0.25) is 4.79 Å². The molecule has 0 aliphatic carbocycles. The van der Waals surface area contributed by atoms with Gasteiger partial charge in [0.25, 0.3) is 0 Å². The predicted octanol–water partition coefficient (Wildman–Crippen LogP) is 1.38. The molecule has 0 fully saturated rings. The summed E-state index contributed by atoms with van der Waals surface area (Å²) in [5.41, 5.74) is 0. The van der Waals surface area contributed by atoms with Crippen LogP contribution in [0, 0.1) is 0 Å². The molecule has 0 aliphatic heterocycles. The Balaban J connectivity index is 2.75. The Morgan fingerprint density at radius 3 is 2.79 bits per heavy atom. The number of hydrogen-bond donors (Lipinski definition) is 1. The number of aryl methyl sites for hydroxylation is 1. The minimum atomic E-state index is -3.18. The van der Waals surface area contributed by atoms with Gasteiger partial charge >= 0.3 is 11.9 Å². The molecule has 0 bridgehead atoms. The van der Waals surface area contributed by atoms with E-state index in [0.29, 0.717) is 0 Å². The fourth-order valence-electron chi connectivity index (χ4n) is 1.09. The number of aliphatic carboxylic acids is 1. The third-order valence-corrected chi connectivity index (χ3v) is 1.80. The van der Waals surface area contributed by atoms with Crippen LogP contribution in [0.5, 0.6) is 0 Å². The van der Waals surface area contributed by atoms with Crippen LogP contribution < -0.4 is 0 Å². The van der Waals surface area contributed by atoms with Crippen LogP contribution in [0.2, 0.25) is 0 Å². The van der Waals surface area contributed by atoms with Gasteiger partial charge in [-0.15, -0.1) is 0 Å². The highest BCUT2D eigenvalue weighted by Crippen LogP contribution is 2.30. The number of aromatic nitrogens is 2. The first kappa shape index (κ1) is 10.6. The van der Waals surface area contributed by atoms with Crippen LogP contribution in [0.15, 0.2) is 12.4 Å². The molecular weight excluding hydrogens is 194 g/mol. The van der Waals surface area contributed by atoms with Crippen LogP contribution in [0.3, 0.4) is 0 Å². The van der Waals surface area contributed by atoms with Crippen LogP contribution in [-0.4, -0.2) is 20.6 Å². The minimum Gasteiger partial charge on any atom is -0.481 e. The summed E-state index contributed by atoms with van der Waals surface area (Å²) in [6.07, 6.45) is 1.35. The van der Waals surface area contributed by atoms with Crippen molar-refractivity contribution in [3.05, 3.63) is 18.2 Å². The van der Waals surface area contributed by atoms with Gasteiger partial charge in [-0.1, -0.05) is 0 Å². The van der Waals surface area contributed by atoms with E-state index in [1.165, 1.54) is 24.0 Å². The maximum Gasteiger partial charge on any atom is 0.305 e. The van der Waals surface area contributed by atoms with E-state index in [-0.39, 0.29) is 0 Å². The Labute approximate surface area is 79.2 Å². The fourth-order valence-corrected chi connectivity index (χ4v) is 1.09. The summed E-state index contributed by atoms with van der Waals surface area (Å²) in [6, 6.07) is 0. The molecule has 0 aromatic carbocycles. The second-order valence-corrected chi connectivity index (χ2v) is 2.96. The molecule has 6 heteroatoms. The molecule has 78 valence electrons. The van der Waals surface area contributed by atoms with Gasteiger partial charge in [0, 0.05) is 25.9 Å². The highest BCUT2D eigenvalue weighted by atomic mass is 19.3. The zero-order valence-corrected chi connectivity index (χ0v) is 7.57. The van der Waals surface area contributed by atoms with Gasteiger partial charge in [0.05, 0.1) is 6.42 Å². The summed E-state index contributed by atoms with van der Waals surface area (Å²) >= 11 is 0. The molecular formula is C8H10F2N2O2. The smallest absolute Gasteiger partial charge is 0.305 e. The van der Waals surface area contributed by atoms with Gasteiger partial charge in [0.15, 0.2) is 5.82 Å². The lowest BCUT2D eigenvalue weighted by Gasteiger charge is -2.14. The van der Waals surface area contributed by atoms with Crippen LogP contribution in [-0.2, 0) is 17.8 Å². The van der Waals surface area contributed by atoms with Crippen LogP contribution in [0.4, 0.5) is 8.78 Å². The first-order chi connectivity index (χ1) is 6.43. The zero-order chi connectivity index (χ0) is 10.8. The van der Waals surface area contributed by atoms with Crippen molar-refractivity contribution in [3.63, 3.8) is 0 Å². The Hall–Kier alpha value is -1.46. The lowest BCUT2D eigenvalue weighted by atomic mass is 10.2. The summed E-state index contributed by atoms with van der Waals surface area (Å²) in [5, 5.41) is 8.28. The highest BCUT2D eigenvalue weighted by Gasteiger charge is 2.35. The summed E-state index contributed by atoms with van der Waals surface area (Å²) in [6.45, 7) is 0. The Morgan fingerprint density at radius 2 is 2.36 bits per heavy atom. The number of nitrogens with zero attached hydrogens (tertiary/aromatic N) is 2. The molecule has 1 rings (SSSR count). The van der Waals surface area contributed by atoms with Gasteiger partial charge in [0.2, 0.25) is 0 Å². The van der Waals surface area contributed by atoms with Crippen LogP contribution in [0.25, 0.3) is 0 Å². The first-order valence-electron chi connectivity index (χ1n) is 4.01. The molecule has 0 unspecified atom stereocenters. The summed E-state index contributed by atoms with van der Waals surface area (Å²) in [7, 11) is 1.44. The number of carboxylic acids is 1. The van der Waals surface area contributed by atoms with E-state index in [0.717, 1.165) is 0 Å². The maximum absolute atomic E-state index is 13.3. The lowest BCUT2D eigenvalue weighted by Crippen LogP contribution is -2.20. The Bertz CT molecular complexity index is 336. The van der Waals surface area contributed by atoms with E-state index in [1.807, 2.05) is 0 Å². The van der Waals surface area contributed by atoms with Crippen molar-refractivity contribution in [1.29, 1.82) is 0 Å². The van der Waals surface area contributed by atoms with Gasteiger partial charge in [-0.25, -0.2) is 4.98 Å². The number of rotatable bonds is 4. The minimum absolute atomic E-state index is 0.404. The van der Waals surface area contributed by atoms with E-state index < -0.39 is 30.6 Å². The van der Waals surface area contributed by atoms with E-state index >= 15 is 0 Å². The van der Waals surface area contributed by atoms with Crippen molar-refractivity contribution < 1.29 is 18.7 Å². The highest BCUT2D eigenvalue weighted by molar-refractivity contribution is 5.66. The van der Waals surface area contributed by atoms with Crippen molar-refractivity contribution in [2.24, 2.45) is 7.05 Å². The van der Waals surface area contributed by atoms with E-state index in [4.69, 9.17) is 5.11 Å². The maximum atomic E-state index is 13.3. The molecule has 0 amide bonds. The Kier molecular flexibility index (Phi) is 2.83. The molecule has 1 heterocycles. The van der Waals surface area contributed by atoms with Crippen LogP contribution in [0.1, 0.15) is 18.7 Å². The molecule has 0 atom stereocenters. The molecule has 1 aromatic rings. The predicted molar refractivity (Wildman–Crippen MR) is 44.0 cm³/mol. The van der Waals surface area contributed by atoms with E-state index in [1.54, 1.807) is 0 Å². The standard InChI is InChI=1S/C8H10F2N2O2/c1-12-5-4-11-7(12)8(9,10)3-2-6(13)14/h4-5H,2-3H2,1H3,(H,13,14). The fraction of sp³-hybridized carbons (Fsp3) is 0.500. The molecule has 4 nitrogen and oxygen atoms in total. The van der Waals surface area contributed by atoms with Crippen molar-refractivity contribution in [2.45, 2.75) is 18.8 Å². The second kappa shape index (κ2) is 3.73. The largest absolute Gasteiger partial charge is 0.481 e. The monoisotopic (exact) mass is 204 g/mol. The molecule has 1 aromatic heterocycles. The average molecular weight is 204 g/mol. The molecule has 0 aliphatic rings. The normalized spacial score (nSPS) is 11.6. The molecule has 0 spiro atoms. The molecule has 0 radical (unpaired) electrons. The third kappa shape index (κ3) is 2.27. The van der Waals surface area contributed by atoms with Crippen molar-refractivity contribution in [2.75, 3.05) is 0 Å². The molecule has 14 heavy (non-hydrogen) atoms. The first-order valence-corrected chi connectivity index (χ1v) is 4.01. The average Bonchev–Trinajstić information content (AvgIpc) is 2.48. The number of imidazole rings is 1. The molecule has 1 N–H and O–H groups in total. The SMILES string of the molecule is Cn1ccnc1C(F)(F)CCC(=O)O. The van der Waals surface area contributed by atoms with Gasteiger partial charge in [0.1, 0.15) is 0 Å². The number of carbonyl (C=O) groups is 1. The van der Waals surface area contributed by atoms with Gasteiger partial charge < -0.3 is 9.67 Å². The number of alkyl halides is 2. The zero-order valence-electron chi connectivity index (χ0n) is 7.57. The number of carboxylic acid groups (broad SMARTS) is 1. The van der Waals surface area contributed by atoms with Crippen LogP contribution >= 0.6 is 0 Å². The number of halogens is 2. The van der Waals surface area contributed by atoms with Crippen molar-refractivity contribution in [1.82, 2.24) is 9.55 Å². The van der Waals surface area contributed by atoms with Crippen molar-refractivity contribution in [3.8, 4) is 0 Å². The van der Waals surface area contributed by atoms with Gasteiger partial charge in [-0.05, 0) is 0 Å². The summed E-state index contributed by atoms with van der Waals surface area (Å²) in [5.74, 6) is -4.82. The van der Waals surface area contributed by atoms with Gasteiger partial charge in [-0.2, -0.15) is 8.78 Å². The lowest BCUT2D eigenvalue weighted by molar-refractivity contribution is -0.139. The van der Waals surface area contributed by atoms with E-state index in [9.17, 15) is 13.6 Å². The van der Waals surface area contributed by atoms with E-state index in [2.05, 4.69) is 4.98 Å². The summed E-state index contributed by atoms with van der Waals surface area (Å²) in [4.78, 5) is 13.6. The Morgan fingerprint density at radius 1 is 1.71 bits per heavy atom. The second-order valence-electron chi connectivity index (χ2n) is 2.96. The van der Waals surface area contributed by atoms with Crippen molar-refractivity contribution >= 4 is 5.97 Å². The number of hydrogen-bond acceptors (Lipinski definition) is 2. The quantitative estimate of drug-likeness (QED) is 0.805. The topological polar surface area (TPSA) is 55.1 Å². The summed E-state index contributed by atoms with van der Waals surface area (Å²) < 4.78 is 27.7. The third-order valence-electron chi connectivity index (χ3n) is 1.80. The molecule has 0 saturated heterocycles.